The van der Waals surface area contributed by atoms with Gasteiger partial charge in [0.15, 0.2) is 13.2 Å². The molecule has 11 heteroatoms. The standard InChI is InChI=1S/C27H31N3O6S2/c1-30(14-16-38-24-11-7-22(8-12-24)36-19-27(33)34)25-4-2-3-20(29-25)17-28-13-15-37-23-9-5-21(6-10-23)35-18-26(31)32/h2-12,28H,13-19H2,1H3,(H,31,32)(H,33,34). The van der Waals surface area contributed by atoms with E-state index in [0.29, 0.717) is 18.0 Å². The lowest BCUT2D eigenvalue weighted by Crippen LogP contribution is -2.23. The van der Waals surface area contributed by atoms with Crippen molar-refractivity contribution in [2.45, 2.75) is 16.3 Å². The number of benzene rings is 2. The lowest BCUT2D eigenvalue weighted by atomic mass is 10.3. The van der Waals surface area contributed by atoms with Gasteiger partial charge in [0, 0.05) is 48.0 Å². The Kier molecular flexibility index (Phi) is 12.1. The van der Waals surface area contributed by atoms with Crippen molar-refractivity contribution < 1.29 is 29.3 Å². The number of pyridine rings is 1. The highest BCUT2D eigenvalue weighted by Gasteiger charge is 2.06. The number of hydrogen-bond acceptors (Lipinski definition) is 9. The van der Waals surface area contributed by atoms with Gasteiger partial charge in [0.05, 0.1) is 5.69 Å². The molecule has 202 valence electrons. The molecule has 0 bridgehead atoms. The van der Waals surface area contributed by atoms with E-state index in [4.69, 9.17) is 24.7 Å². The van der Waals surface area contributed by atoms with Crippen LogP contribution in [-0.2, 0) is 16.1 Å². The molecule has 38 heavy (non-hydrogen) atoms. The number of carbonyl (C=O) groups is 2. The molecule has 0 atom stereocenters. The first-order chi connectivity index (χ1) is 18.4. The lowest BCUT2D eigenvalue weighted by Gasteiger charge is -2.18. The maximum Gasteiger partial charge on any atom is 0.341 e. The van der Waals surface area contributed by atoms with E-state index in [-0.39, 0.29) is 13.2 Å². The van der Waals surface area contributed by atoms with Crippen LogP contribution in [0.1, 0.15) is 5.69 Å². The van der Waals surface area contributed by atoms with Gasteiger partial charge in [-0.05, 0) is 60.7 Å². The van der Waals surface area contributed by atoms with Gasteiger partial charge >= 0.3 is 11.9 Å². The highest BCUT2D eigenvalue weighted by molar-refractivity contribution is 7.99. The first kappa shape index (κ1) is 29.2. The van der Waals surface area contributed by atoms with Gasteiger partial charge in [-0.3, -0.25) is 0 Å². The maximum absolute atomic E-state index is 10.6. The van der Waals surface area contributed by atoms with Crippen molar-refractivity contribution >= 4 is 41.3 Å². The zero-order chi connectivity index (χ0) is 27.2. The Bertz CT molecular complexity index is 1160. The summed E-state index contributed by atoms with van der Waals surface area (Å²) in [5.74, 6) is 1.78. The predicted octanol–water partition coefficient (Wildman–Crippen LogP) is 4.12. The molecule has 0 aliphatic rings. The van der Waals surface area contributed by atoms with Crippen molar-refractivity contribution in [3.63, 3.8) is 0 Å². The summed E-state index contributed by atoms with van der Waals surface area (Å²) in [7, 11) is 2.03. The molecule has 2 aromatic carbocycles. The van der Waals surface area contributed by atoms with Crippen molar-refractivity contribution in [2.24, 2.45) is 0 Å². The number of ether oxygens (including phenoxy) is 2. The molecular formula is C27H31N3O6S2. The molecule has 0 saturated heterocycles. The second-order valence-corrected chi connectivity index (χ2v) is 10.4. The van der Waals surface area contributed by atoms with Crippen LogP contribution in [0.25, 0.3) is 0 Å². The van der Waals surface area contributed by atoms with Gasteiger partial charge in [0.2, 0.25) is 0 Å². The summed E-state index contributed by atoms with van der Waals surface area (Å²) in [5, 5.41) is 20.8. The Morgan fingerprint density at radius 2 is 1.39 bits per heavy atom. The number of nitrogens with one attached hydrogen (secondary N) is 1. The van der Waals surface area contributed by atoms with Crippen molar-refractivity contribution in [3.8, 4) is 11.5 Å². The van der Waals surface area contributed by atoms with Crippen LogP contribution >= 0.6 is 23.5 Å². The molecule has 3 N–H and O–H groups in total. The molecule has 0 aliphatic heterocycles. The van der Waals surface area contributed by atoms with Crippen LogP contribution in [-0.4, -0.2) is 72.0 Å². The Morgan fingerprint density at radius 1 is 0.842 bits per heavy atom. The van der Waals surface area contributed by atoms with E-state index in [2.05, 4.69) is 10.2 Å². The number of carboxylic acids is 2. The van der Waals surface area contributed by atoms with Gasteiger partial charge in [-0.25, -0.2) is 14.6 Å². The zero-order valence-corrected chi connectivity index (χ0v) is 22.7. The maximum atomic E-state index is 10.6. The molecular weight excluding hydrogens is 526 g/mol. The highest BCUT2D eigenvalue weighted by atomic mass is 32.2. The van der Waals surface area contributed by atoms with Gasteiger partial charge in [-0.1, -0.05) is 6.07 Å². The van der Waals surface area contributed by atoms with Gasteiger partial charge in [0.25, 0.3) is 0 Å². The van der Waals surface area contributed by atoms with E-state index in [1.807, 2.05) is 49.5 Å². The zero-order valence-electron chi connectivity index (χ0n) is 21.0. The van der Waals surface area contributed by atoms with Crippen LogP contribution in [0.4, 0.5) is 5.82 Å². The monoisotopic (exact) mass is 557 g/mol. The average Bonchev–Trinajstić information content (AvgIpc) is 2.92. The molecule has 0 unspecified atom stereocenters. The minimum atomic E-state index is -0.995. The van der Waals surface area contributed by atoms with Crippen molar-refractivity contribution in [3.05, 3.63) is 72.4 Å². The molecule has 1 heterocycles. The van der Waals surface area contributed by atoms with Crippen molar-refractivity contribution in [1.29, 1.82) is 0 Å². The summed E-state index contributed by atoms with van der Waals surface area (Å²) in [6, 6.07) is 20.8. The first-order valence-corrected chi connectivity index (χ1v) is 13.9. The Morgan fingerprint density at radius 3 is 1.95 bits per heavy atom. The third-order valence-corrected chi connectivity index (χ3v) is 7.11. The van der Waals surface area contributed by atoms with E-state index in [1.54, 1.807) is 47.8 Å². The molecule has 0 aliphatic carbocycles. The third kappa shape index (κ3) is 10.9. The van der Waals surface area contributed by atoms with Crippen molar-refractivity contribution in [2.75, 3.05) is 49.8 Å². The fourth-order valence-electron chi connectivity index (χ4n) is 3.20. The molecule has 0 radical (unpaired) electrons. The fraction of sp³-hybridized carbons (Fsp3) is 0.296. The van der Waals surface area contributed by atoms with Crippen LogP contribution in [0, 0.1) is 0 Å². The molecule has 1 aromatic heterocycles. The fourth-order valence-corrected chi connectivity index (χ4v) is 4.94. The van der Waals surface area contributed by atoms with E-state index in [0.717, 1.165) is 45.9 Å². The van der Waals surface area contributed by atoms with E-state index >= 15 is 0 Å². The van der Waals surface area contributed by atoms with Gasteiger partial charge < -0.3 is 29.9 Å². The number of thioether (sulfide) groups is 2. The largest absolute Gasteiger partial charge is 0.482 e. The third-order valence-electron chi connectivity index (χ3n) is 5.10. The summed E-state index contributed by atoms with van der Waals surface area (Å²) >= 11 is 3.43. The summed E-state index contributed by atoms with van der Waals surface area (Å²) in [6.45, 7) is 1.63. The van der Waals surface area contributed by atoms with Crippen molar-refractivity contribution in [1.82, 2.24) is 10.3 Å². The Hall–Kier alpha value is -3.41. The van der Waals surface area contributed by atoms with Crippen LogP contribution in [0.3, 0.4) is 0 Å². The number of nitrogens with zero attached hydrogens (tertiary/aromatic N) is 2. The first-order valence-electron chi connectivity index (χ1n) is 11.9. The minimum Gasteiger partial charge on any atom is -0.482 e. The number of aromatic nitrogens is 1. The Balaban J connectivity index is 1.33. The summed E-state index contributed by atoms with van der Waals surface area (Å²) in [4.78, 5) is 30.2. The predicted molar refractivity (Wildman–Crippen MR) is 150 cm³/mol. The highest BCUT2D eigenvalue weighted by Crippen LogP contribution is 2.23. The molecule has 0 saturated carbocycles. The molecule has 9 nitrogen and oxygen atoms in total. The summed E-state index contributed by atoms with van der Waals surface area (Å²) in [5.41, 5.74) is 0.976. The summed E-state index contributed by atoms with van der Waals surface area (Å²) < 4.78 is 10.3. The smallest absolute Gasteiger partial charge is 0.341 e. The number of carboxylic acid groups (broad SMARTS) is 2. The van der Waals surface area contributed by atoms with E-state index < -0.39 is 11.9 Å². The molecule has 0 fully saturated rings. The number of anilines is 1. The van der Waals surface area contributed by atoms with Crippen LogP contribution in [0.2, 0.25) is 0 Å². The second-order valence-electron chi connectivity index (χ2n) is 8.09. The van der Waals surface area contributed by atoms with Crippen LogP contribution in [0.5, 0.6) is 11.5 Å². The quantitative estimate of drug-likeness (QED) is 0.164. The van der Waals surface area contributed by atoms with Crippen LogP contribution in [0.15, 0.2) is 76.5 Å². The topological polar surface area (TPSA) is 121 Å². The van der Waals surface area contributed by atoms with Crippen LogP contribution < -0.4 is 19.7 Å². The lowest BCUT2D eigenvalue weighted by molar-refractivity contribution is -0.140. The second kappa shape index (κ2) is 15.8. The SMILES string of the molecule is CN(CCSc1ccc(OCC(=O)O)cc1)c1cccc(CNCCSc2ccc(OCC(=O)O)cc2)n1. The summed E-state index contributed by atoms with van der Waals surface area (Å²) in [6.07, 6.45) is 0. The Labute approximate surface area is 230 Å². The molecule has 0 amide bonds. The van der Waals surface area contributed by atoms with E-state index in [9.17, 15) is 9.59 Å². The molecule has 3 aromatic rings. The number of rotatable bonds is 17. The normalized spacial score (nSPS) is 10.7. The minimum absolute atomic E-state index is 0.343. The number of hydrogen-bond donors (Lipinski definition) is 3. The average molecular weight is 558 g/mol. The van der Waals surface area contributed by atoms with Gasteiger partial charge in [-0.15, -0.1) is 23.5 Å². The van der Waals surface area contributed by atoms with E-state index in [1.165, 1.54) is 0 Å². The van der Waals surface area contributed by atoms with Gasteiger partial charge in [-0.2, -0.15) is 0 Å². The molecule has 0 spiro atoms. The number of aliphatic carboxylic acids is 2. The van der Waals surface area contributed by atoms with Gasteiger partial charge in [0.1, 0.15) is 17.3 Å². The molecule has 3 rings (SSSR count).